The summed E-state index contributed by atoms with van der Waals surface area (Å²) >= 11 is 0. The Kier molecular flexibility index (Phi) is 4.10. The number of hydrogen-bond acceptors (Lipinski definition) is 5. The molecular weight excluding hydrogens is 316 g/mol. The van der Waals surface area contributed by atoms with E-state index in [1.165, 1.54) is 4.31 Å². The lowest BCUT2D eigenvalue weighted by atomic mass is 10.1. The molecule has 1 aromatic carbocycles. The van der Waals surface area contributed by atoms with Gasteiger partial charge in [-0.1, -0.05) is 30.3 Å². The molecular formula is C15H15N4O3S. The highest BCUT2D eigenvalue weighted by atomic mass is 32.2. The molecule has 0 aliphatic carbocycles. The van der Waals surface area contributed by atoms with Gasteiger partial charge < -0.3 is 5.73 Å². The Morgan fingerprint density at radius 2 is 2.04 bits per heavy atom. The fourth-order valence-electron chi connectivity index (χ4n) is 2.44. The maximum absolute atomic E-state index is 12.6. The average molecular weight is 331 g/mol. The van der Waals surface area contributed by atoms with Crippen LogP contribution >= 0.6 is 0 Å². The lowest BCUT2D eigenvalue weighted by molar-refractivity contribution is 0.0989. The third kappa shape index (κ3) is 3.38. The van der Waals surface area contributed by atoms with Crippen molar-refractivity contribution < 1.29 is 13.2 Å². The van der Waals surface area contributed by atoms with E-state index in [2.05, 4.69) is 16.2 Å². The molecule has 0 saturated heterocycles. The minimum absolute atomic E-state index is 0.0688. The van der Waals surface area contributed by atoms with Crippen LogP contribution in [0.4, 0.5) is 0 Å². The molecule has 1 radical (unpaired) electrons. The number of aromatic nitrogens is 2. The molecule has 119 valence electrons. The van der Waals surface area contributed by atoms with E-state index in [0.717, 1.165) is 11.1 Å². The van der Waals surface area contributed by atoms with Gasteiger partial charge in [0.2, 0.25) is 15.8 Å². The molecule has 7 nitrogen and oxygen atoms in total. The number of sulfonamides is 1. The Morgan fingerprint density at radius 1 is 1.30 bits per heavy atom. The smallest absolute Gasteiger partial charge is 0.286 e. The summed E-state index contributed by atoms with van der Waals surface area (Å²) in [7, 11) is -3.47. The van der Waals surface area contributed by atoms with E-state index in [0.29, 0.717) is 18.7 Å². The van der Waals surface area contributed by atoms with E-state index in [1.54, 1.807) is 24.3 Å². The number of hydrogen-bond donors (Lipinski definition) is 1. The van der Waals surface area contributed by atoms with Crippen LogP contribution in [0.25, 0.3) is 0 Å². The minimum Gasteiger partial charge on any atom is -0.363 e. The summed E-state index contributed by atoms with van der Waals surface area (Å²) in [6.45, 7) is 0.446. The molecule has 0 bridgehead atoms. The van der Waals surface area contributed by atoms with Gasteiger partial charge in [-0.2, -0.15) is 4.31 Å². The maximum atomic E-state index is 12.6. The van der Waals surface area contributed by atoms with E-state index < -0.39 is 15.9 Å². The van der Waals surface area contributed by atoms with E-state index >= 15 is 0 Å². The number of fused-ring (bicyclic) bond motifs is 1. The van der Waals surface area contributed by atoms with Crippen molar-refractivity contribution in [2.24, 2.45) is 5.73 Å². The van der Waals surface area contributed by atoms with Crippen molar-refractivity contribution in [3.63, 3.8) is 0 Å². The van der Waals surface area contributed by atoms with Gasteiger partial charge in [-0.25, -0.2) is 18.4 Å². The highest BCUT2D eigenvalue weighted by Crippen LogP contribution is 2.21. The van der Waals surface area contributed by atoms with Crippen molar-refractivity contribution in [2.45, 2.75) is 18.7 Å². The van der Waals surface area contributed by atoms with Gasteiger partial charge in [0.05, 0.1) is 24.2 Å². The zero-order valence-corrected chi connectivity index (χ0v) is 13.1. The molecule has 0 saturated carbocycles. The van der Waals surface area contributed by atoms with Crippen molar-refractivity contribution in [1.82, 2.24) is 14.3 Å². The first kappa shape index (κ1) is 15.6. The second-order valence-corrected chi connectivity index (χ2v) is 7.24. The predicted molar refractivity (Wildman–Crippen MR) is 82.6 cm³/mol. The van der Waals surface area contributed by atoms with Gasteiger partial charge in [0, 0.05) is 12.1 Å². The summed E-state index contributed by atoms with van der Waals surface area (Å²) in [4.78, 5) is 19.0. The first-order valence-electron chi connectivity index (χ1n) is 7.05. The van der Waals surface area contributed by atoms with Gasteiger partial charge in [0.1, 0.15) is 0 Å². The molecule has 1 aliphatic heterocycles. The van der Waals surface area contributed by atoms with E-state index in [-0.39, 0.29) is 18.1 Å². The molecule has 1 amide bonds. The third-order valence-electron chi connectivity index (χ3n) is 3.63. The first-order valence-corrected chi connectivity index (χ1v) is 8.65. The van der Waals surface area contributed by atoms with Crippen LogP contribution in [-0.2, 0) is 28.7 Å². The number of nitrogens with zero attached hydrogens (tertiary/aromatic N) is 3. The summed E-state index contributed by atoms with van der Waals surface area (Å²) in [6, 6.07) is 8.99. The van der Waals surface area contributed by atoms with Crippen molar-refractivity contribution in [1.29, 1.82) is 0 Å². The fraction of sp³-hybridized carbons (Fsp3) is 0.267. The first-order chi connectivity index (χ1) is 11.0. The maximum Gasteiger partial charge on any atom is 0.286 e. The van der Waals surface area contributed by atoms with Gasteiger partial charge in [0.15, 0.2) is 0 Å². The summed E-state index contributed by atoms with van der Waals surface area (Å²) < 4.78 is 26.5. The molecule has 2 aromatic rings. The number of amides is 1. The van der Waals surface area contributed by atoms with E-state index in [9.17, 15) is 13.2 Å². The molecule has 3 rings (SSSR count). The highest BCUT2D eigenvalue weighted by Gasteiger charge is 2.28. The summed E-state index contributed by atoms with van der Waals surface area (Å²) in [6.07, 6.45) is 3.19. The molecule has 1 aromatic heterocycles. The van der Waals surface area contributed by atoms with Gasteiger partial charge in [-0.3, -0.25) is 4.79 Å². The Bertz CT molecular complexity index is 837. The largest absolute Gasteiger partial charge is 0.363 e. The molecule has 1 aliphatic rings. The van der Waals surface area contributed by atoms with Crippen LogP contribution in [0.3, 0.4) is 0 Å². The van der Waals surface area contributed by atoms with Crippen LogP contribution < -0.4 is 5.73 Å². The Labute approximate surface area is 134 Å². The SMILES string of the molecule is NC(=O)c1n[c]c2c(n1)CN(S(=O)(=O)Cc1ccccc1)CC2. The molecule has 0 atom stereocenters. The Morgan fingerprint density at radius 3 is 2.74 bits per heavy atom. The standard InChI is InChI=1S/C15H15N4O3S/c16-14(20)15-17-8-12-6-7-19(9-13(12)18-15)23(21,22)10-11-4-2-1-3-5-11/h1-5H,6-7,9-10H2,(H2,16,20). The topological polar surface area (TPSA) is 106 Å². The molecule has 23 heavy (non-hydrogen) atoms. The third-order valence-corrected chi connectivity index (χ3v) is 5.43. The second-order valence-electron chi connectivity index (χ2n) is 5.27. The molecule has 0 fully saturated rings. The number of carbonyl (C=O) groups is 1. The predicted octanol–water partition coefficient (Wildman–Crippen LogP) is 0.264. The zero-order valence-electron chi connectivity index (χ0n) is 12.3. The molecule has 8 heteroatoms. The van der Waals surface area contributed by atoms with E-state index in [4.69, 9.17) is 5.73 Å². The van der Waals surface area contributed by atoms with Crippen LogP contribution in [0.5, 0.6) is 0 Å². The van der Waals surface area contributed by atoms with Gasteiger partial charge in [-0.15, -0.1) is 0 Å². The average Bonchev–Trinajstić information content (AvgIpc) is 2.54. The van der Waals surface area contributed by atoms with Crippen LogP contribution in [-0.4, -0.2) is 35.1 Å². The van der Waals surface area contributed by atoms with Crippen molar-refractivity contribution in [3.8, 4) is 0 Å². The number of primary amides is 1. The Balaban J connectivity index is 1.83. The second kappa shape index (κ2) is 6.05. The molecule has 2 N–H and O–H groups in total. The van der Waals surface area contributed by atoms with E-state index in [1.807, 2.05) is 6.07 Å². The van der Waals surface area contributed by atoms with Crippen LogP contribution in [0, 0.1) is 6.20 Å². The van der Waals surface area contributed by atoms with Crippen LogP contribution in [0.15, 0.2) is 30.3 Å². The summed E-state index contributed by atoms with van der Waals surface area (Å²) in [5.41, 5.74) is 7.09. The van der Waals surface area contributed by atoms with Crippen molar-refractivity contribution >= 4 is 15.9 Å². The quantitative estimate of drug-likeness (QED) is 0.865. The molecule has 0 unspecified atom stereocenters. The lowest BCUT2D eigenvalue weighted by Gasteiger charge is -2.27. The molecule has 2 heterocycles. The number of benzene rings is 1. The number of nitrogens with two attached hydrogens (primary N) is 1. The number of rotatable bonds is 4. The monoisotopic (exact) mass is 331 g/mol. The minimum atomic E-state index is -3.47. The summed E-state index contributed by atoms with van der Waals surface area (Å²) in [5, 5.41) is 0. The molecule has 0 spiro atoms. The van der Waals surface area contributed by atoms with Crippen LogP contribution in [0.2, 0.25) is 0 Å². The van der Waals surface area contributed by atoms with Gasteiger partial charge in [-0.05, 0) is 12.0 Å². The number of carbonyl (C=O) groups excluding carboxylic acids is 1. The van der Waals surface area contributed by atoms with Crippen molar-refractivity contribution in [2.75, 3.05) is 6.54 Å². The lowest BCUT2D eigenvalue weighted by Crippen LogP contribution is -2.37. The Hall–Kier alpha value is -2.32. The van der Waals surface area contributed by atoms with Crippen LogP contribution in [0.1, 0.15) is 27.4 Å². The van der Waals surface area contributed by atoms with Gasteiger partial charge >= 0.3 is 0 Å². The van der Waals surface area contributed by atoms with Crippen molar-refractivity contribution in [3.05, 3.63) is 59.2 Å². The fourth-order valence-corrected chi connectivity index (χ4v) is 3.93. The zero-order chi connectivity index (χ0) is 16.4. The van der Waals surface area contributed by atoms with Gasteiger partial charge in [0.25, 0.3) is 5.91 Å². The normalized spacial score (nSPS) is 15.1. The highest BCUT2D eigenvalue weighted by molar-refractivity contribution is 7.88. The summed E-state index contributed by atoms with van der Waals surface area (Å²) in [5.74, 6) is -0.972.